The van der Waals surface area contributed by atoms with Crippen molar-refractivity contribution in [2.45, 2.75) is 56.8 Å². The summed E-state index contributed by atoms with van der Waals surface area (Å²) in [6.07, 6.45) is 8.51. The van der Waals surface area contributed by atoms with Gasteiger partial charge in [-0.25, -0.2) is 0 Å². The molecular weight excluding hydrogens is 308 g/mol. The molecule has 0 spiro atoms. The Morgan fingerprint density at radius 2 is 1.00 bits per heavy atom. The highest BCUT2D eigenvalue weighted by Crippen LogP contribution is 2.53. The van der Waals surface area contributed by atoms with E-state index in [4.69, 9.17) is 10.2 Å². The molecule has 0 aliphatic heterocycles. The fourth-order valence-electron chi connectivity index (χ4n) is 4.51. The van der Waals surface area contributed by atoms with Crippen LogP contribution in [0.3, 0.4) is 0 Å². The Morgan fingerprint density at radius 1 is 0.560 bits per heavy atom. The highest BCUT2D eigenvalue weighted by molar-refractivity contribution is 5.80. The Hall–Kier alpha value is -1.64. The zero-order chi connectivity index (χ0) is 17.5. The smallest absolute Gasteiger partial charge is 0.0431 e. The van der Waals surface area contributed by atoms with Gasteiger partial charge in [0, 0.05) is 18.6 Å². The van der Waals surface area contributed by atoms with Crippen molar-refractivity contribution >= 4 is 0 Å². The van der Waals surface area contributed by atoms with Crippen molar-refractivity contribution in [3.05, 3.63) is 59.7 Å². The SMILES string of the molecule is OCCCCCC1(CCCCCO)c2ccccc2-c2ccccc21. The highest BCUT2D eigenvalue weighted by atomic mass is 16.3. The van der Waals surface area contributed by atoms with Gasteiger partial charge in [-0.15, -0.1) is 0 Å². The lowest BCUT2D eigenvalue weighted by molar-refractivity contribution is 0.275. The molecule has 0 unspecified atom stereocenters. The van der Waals surface area contributed by atoms with Crippen molar-refractivity contribution in [3.63, 3.8) is 0 Å². The average Bonchev–Trinajstić information content (AvgIpc) is 2.94. The third-order valence-electron chi connectivity index (χ3n) is 5.70. The maximum absolute atomic E-state index is 9.11. The van der Waals surface area contributed by atoms with Gasteiger partial charge in [-0.3, -0.25) is 0 Å². The third-order valence-corrected chi connectivity index (χ3v) is 5.70. The zero-order valence-corrected chi connectivity index (χ0v) is 15.1. The van der Waals surface area contributed by atoms with Crippen LogP contribution in [0, 0.1) is 0 Å². The fourth-order valence-corrected chi connectivity index (χ4v) is 4.51. The zero-order valence-electron chi connectivity index (χ0n) is 15.1. The van der Waals surface area contributed by atoms with E-state index < -0.39 is 0 Å². The van der Waals surface area contributed by atoms with E-state index in [0.29, 0.717) is 0 Å². The highest BCUT2D eigenvalue weighted by Gasteiger charge is 2.41. The molecular formula is C23H30O2. The molecule has 2 heteroatoms. The molecule has 1 aliphatic carbocycles. The summed E-state index contributed by atoms with van der Waals surface area (Å²) in [5.41, 5.74) is 5.83. The van der Waals surface area contributed by atoms with Crippen LogP contribution in [0.25, 0.3) is 11.1 Å². The Balaban J connectivity index is 1.94. The average molecular weight is 338 g/mol. The maximum Gasteiger partial charge on any atom is 0.0431 e. The summed E-state index contributed by atoms with van der Waals surface area (Å²) in [6.45, 7) is 0.577. The van der Waals surface area contributed by atoms with E-state index >= 15 is 0 Å². The summed E-state index contributed by atoms with van der Waals surface area (Å²) >= 11 is 0. The van der Waals surface area contributed by atoms with Crippen LogP contribution in [0.2, 0.25) is 0 Å². The summed E-state index contributed by atoms with van der Waals surface area (Å²) in [4.78, 5) is 0. The summed E-state index contributed by atoms with van der Waals surface area (Å²) < 4.78 is 0. The molecule has 0 radical (unpaired) electrons. The predicted molar refractivity (Wildman–Crippen MR) is 104 cm³/mol. The predicted octanol–water partition coefficient (Wildman–Crippen LogP) is 5.06. The molecule has 0 bridgehead atoms. The maximum atomic E-state index is 9.11. The summed E-state index contributed by atoms with van der Waals surface area (Å²) in [6, 6.07) is 17.8. The van der Waals surface area contributed by atoms with Crippen molar-refractivity contribution in [1.29, 1.82) is 0 Å². The van der Waals surface area contributed by atoms with Gasteiger partial charge in [-0.2, -0.15) is 0 Å². The Bertz CT molecular complexity index is 618. The molecule has 0 heterocycles. The van der Waals surface area contributed by atoms with Crippen LogP contribution in [-0.4, -0.2) is 23.4 Å². The molecule has 2 aromatic rings. The van der Waals surface area contributed by atoms with E-state index in [1.54, 1.807) is 0 Å². The first-order valence-corrected chi connectivity index (χ1v) is 9.74. The van der Waals surface area contributed by atoms with Gasteiger partial charge in [0.05, 0.1) is 0 Å². The second kappa shape index (κ2) is 8.64. The van der Waals surface area contributed by atoms with Gasteiger partial charge in [0.1, 0.15) is 0 Å². The molecule has 2 aromatic carbocycles. The molecule has 0 aromatic heterocycles. The van der Waals surface area contributed by atoms with Crippen LogP contribution >= 0.6 is 0 Å². The first-order chi connectivity index (χ1) is 12.3. The number of fused-ring (bicyclic) bond motifs is 3. The molecule has 0 fully saturated rings. The van der Waals surface area contributed by atoms with Crippen LogP contribution in [0.15, 0.2) is 48.5 Å². The first-order valence-electron chi connectivity index (χ1n) is 9.74. The van der Waals surface area contributed by atoms with Crippen LogP contribution in [-0.2, 0) is 5.41 Å². The minimum atomic E-state index is 0.0953. The van der Waals surface area contributed by atoms with Gasteiger partial charge in [-0.1, -0.05) is 74.2 Å². The number of hydrogen-bond donors (Lipinski definition) is 2. The van der Waals surface area contributed by atoms with E-state index in [2.05, 4.69) is 48.5 Å². The molecule has 2 N–H and O–H groups in total. The lowest BCUT2D eigenvalue weighted by Crippen LogP contribution is -2.25. The normalized spacial score (nSPS) is 14.3. The lowest BCUT2D eigenvalue weighted by atomic mass is 9.70. The van der Waals surface area contributed by atoms with Crippen LogP contribution in [0.5, 0.6) is 0 Å². The van der Waals surface area contributed by atoms with E-state index in [-0.39, 0.29) is 18.6 Å². The van der Waals surface area contributed by atoms with Crippen LogP contribution < -0.4 is 0 Å². The molecule has 25 heavy (non-hydrogen) atoms. The van der Waals surface area contributed by atoms with Crippen molar-refractivity contribution in [2.75, 3.05) is 13.2 Å². The van der Waals surface area contributed by atoms with Crippen LogP contribution in [0.4, 0.5) is 0 Å². The Labute approximate surface area is 151 Å². The lowest BCUT2D eigenvalue weighted by Gasteiger charge is -2.32. The number of aliphatic hydroxyl groups is 2. The standard InChI is InChI=1S/C23H30O2/c24-17-9-1-7-15-23(16-8-2-10-18-25)21-13-5-3-11-19(21)20-12-4-6-14-22(20)23/h3-6,11-14,24-25H,1-2,7-10,15-18H2. The van der Waals surface area contributed by atoms with E-state index in [1.807, 2.05) is 0 Å². The number of benzene rings is 2. The molecule has 0 amide bonds. The molecule has 0 atom stereocenters. The van der Waals surface area contributed by atoms with Gasteiger partial charge in [0.15, 0.2) is 0 Å². The number of rotatable bonds is 10. The number of hydrogen-bond acceptors (Lipinski definition) is 2. The Kier molecular flexibility index (Phi) is 6.28. The molecule has 2 nitrogen and oxygen atoms in total. The fraction of sp³-hybridized carbons (Fsp3) is 0.478. The van der Waals surface area contributed by atoms with E-state index in [9.17, 15) is 0 Å². The van der Waals surface area contributed by atoms with Crippen LogP contribution in [0.1, 0.15) is 62.5 Å². The van der Waals surface area contributed by atoms with Crippen molar-refractivity contribution in [1.82, 2.24) is 0 Å². The second-order valence-electron chi connectivity index (χ2n) is 7.24. The largest absolute Gasteiger partial charge is 0.396 e. The molecule has 3 rings (SSSR count). The quantitative estimate of drug-likeness (QED) is 0.595. The van der Waals surface area contributed by atoms with E-state index in [0.717, 1.165) is 51.4 Å². The van der Waals surface area contributed by atoms with Gasteiger partial charge in [0.2, 0.25) is 0 Å². The first kappa shape index (κ1) is 18.2. The second-order valence-corrected chi connectivity index (χ2v) is 7.24. The molecule has 1 aliphatic rings. The van der Waals surface area contributed by atoms with Crippen molar-refractivity contribution < 1.29 is 10.2 Å². The van der Waals surface area contributed by atoms with Gasteiger partial charge in [0.25, 0.3) is 0 Å². The van der Waals surface area contributed by atoms with Crippen molar-refractivity contribution in [2.24, 2.45) is 0 Å². The Morgan fingerprint density at radius 3 is 1.44 bits per heavy atom. The van der Waals surface area contributed by atoms with Gasteiger partial charge >= 0.3 is 0 Å². The third kappa shape index (κ3) is 3.65. The number of aliphatic hydroxyl groups excluding tert-OH is 2. The minimum Gasteiger partial charge on any atom is -0.396 e. The van der Waals surface area contributed by atoms with Gasteiger partial charge < -0.3 is 10.2 Å². The number of unbranched alkanes of at least 4 members (excludes halogenated alkanes) is 4. The summed E-state index contributed by atoms with van der Waals surface area (Å²) in [5, 5.41) is 18.2. The molecule has 134 valence electrons. The van der Waals surface area contributed by atoms with Gasteiger partial charge in [-0.05, 0) is 47.9 Å². The van der Waals surface area contributed by atoms with E-state index in [1.165, 1.54) is 22.3 Å². The van der Waals surface area contributed by atoms with Crippen molar-refractivity contribution in [3.8, 4) is 11.1 Å². The summed E-state index contributed by atoms with van der Waals surface area (Å²) in [7, 11) is 0. The molecule has 0 saturated carbocycles. The topological polar surface area (TPSA) is 40.5 Å². The monoisotopic (exact) mass is 338 g/mol. The minimum absolute atomic E-state index is 0.0953. The summed E-state index contributed by atoms with van der Waals surface area (Å²) in [5.74, 6) is 0. The molecule has 0 saturated heterocycles.